The van der Waals surface area contributed by atoms with Crippen LogP contribution in [0.2, 0.25) is 0 Å². The first-order valence-corrected chi connectivity index (χ1v) is 5.62. The highest BCUT2D eigenvalue weighted by Crippen LogP contribution is 2.05. The first kappa shape index (κ1) is 14.4. The van der Waals surface area contributed by atoms with Gasteiger partial charge in [-0.15, -0.1) is 0 Å². The van der Waals surface area contributed by atoms with Crippen LogP contribution in [0.1, 0.15) is 26.2 Å². The van der Waals surface area contributed by atoms with Crippen LogP contribution in [0.15, 0.2) is 0 Å². The van der Waals surface area contributed by atoms with Crippen LogP contribution in [-0.4, -0.2) is 49.7 Å². The molecular weight excluding hydrogens is 192 g/mol. The van der Waals surface area contributed by atoms with Gasteiger partial charge in [-0.2, -0.15) is 0 Å². The molecule has 0 aromatic carbocycles. The van der Waals surface area contributed by atoms with Crippen LogP contribution in [0, 0.1) is 5.92 Å². The Balaban J connectivity index is 3.59. The van der Waals surface area contributed by atoms with Gasteiger partial charge in [0.05, 0.1) is 0 Å². The van der Waals surface area contributed by atoms with Crippen LogP contribution in [-0.2, 0) is 4.79 Å². The minimum Gasteiger partial charge on any atom is -0.396 e. The summed E-state index contributed by atoms with van der Waals surface area (Å²) in [7, 11) is 3.90. The van der Waals surface area contributed by atoms with Crippen molar-refractivity contribution in [3.63, 3.8) is 0 Å². The maximum atomic E-state index is 11.4. The Morgan fingerprint density at radius 2 is 2.13 bits per heavy atom. The number of rotatable bonds is 8. The van der Waals surface area contributed by atoms with E-state index in [1.165, 1.54) is 0 Å². The normalized spacial score (nSPS) is 12.9. The summed E-state index contributed by atoms with van der Waals surface area (Å²) in [4.78, 5) is 13.4. The van der Waals surface area contributed by atoms with Crippen LogP contribution < -0.4 is 5.32 Å². The van der Waals surface area contributed by atoms with Crippen molar-refractivity contribution in [1.82, 2.24) is 10.2 Å². The summed E-state index contributed by atoms with van der Waals surface area (Å²) in [6.45, 7) is 3.74. The third kappa shape index (κ3) is 8.39. The van der Waals surface area contributed by atoms with Gasteiger partial charge in [0, 0.05) is 26.1 Å². The van der Waals surface area contributed by atoms with Crippen LogP contribution >= 0.6 is 0 Å². The summed E-state index contributed by atoms with van der Waals surface area (Å²) >= 11 is 0. The number of aliphatic hydroxyl groups excluding tert-OH is 1. The number of hydrogen-bond donors (Lipinski definition) is 2. The van der Waals surface area contributed by atoms with Crippen molar-refractivity contribution in [2.45, 2.75) is 26.2 Å². The molecule has 0 aliphatic heterocycles. The average Bonchev–Trinajstić information content (AvgIpc) is 2.21. The fraction of sp³-hybridized carbons (Fsp3) is 0.909. The molecule has 0 bridgehead atoms. The van der Waals surface area contributed by atoms with E-state index >= 15 is 0 Å². The molecule has 1 atom stereocenters. The van der Waals surface area contributed by atoms with Crippen molar-refractivity contribution in [3.8, 4) is 0 Å². The zero-order valence-electron chi connectivity index (χ0n) is 10.1. The number of carbonyl (C=O) groups excluding carboxylic acids is 1. The van der Waals surface area contributed by atoms with E-state index in [1.807, 2.05) is 19.0 Å². The van der Waals surface area contributed by atoms with Crippen LogP contribution in [0.3, 0.4) is 0 Å². The number of amides is 1. The van der Waals surface area contributed by atoms with Gasteiger partial charge in [0.15, 0.2) is 0 Å². The highest BCUT2D eigenvalue weighted by Gasteiger charge is 2.07. The van der Waals surface area contributed by atoms with Gasteiger partial charge in [-0.3, -0.25) is 4.79 Å². The predicted octanol–water partition coefficient (Wildman–Crippen LogP) is 0.463. The van der Waals surface area contributed by atoms with Gasteiger partial charge in [0.1, 0.15) is 0 Å². The highest BCUT2D eigenvalue weighted by molar-refractivity contribution is 5.76. The number of hydrogen-bond acceptors (Lipinski definition) is 3. The van der Waals surface area contributed by atoms with Gasteiger partial charge in [-0.05, 0) is 26.4 Å². The quantitative estimate of drug-likeness (QED) is 0.620. The zero-order valence-corrected chi connectivity index (χ0v) is 10.1. The summed E-state index contributed by atoms with van der Waals surface area (Å²) in [5.74, 6) is 0.499. The van der Waals surface area contributed by atoms with Gasteiger partial charge < -0.3 is 15.3 Å². The number of nitrogens with one attached hydrogen (secondary N) is 1. The number of nitrogens with zero attached hydrogens (tertiary/aromatic N) is 1. The second kappa shape index (κ2) is 8.68. The summed E-state index contributed by atoms with van der Waals surface area (Å²) in [6.07, 6.45) is 2.31. The molecule has 0 radical (unpaired) electrons. The molecule has 0 aliphatic rings. The maximum Gasteiger partial charge on any atom is 0.221 e. The Morgan fingerprint density at radius 3 is 2.60 bits per heavy atom. The fourth-order valence-electron chi connectivity index (χ4n) is 1.30. The maximum absolute atomic E-state index is 11.4. The van der Waals surface area contributed by atoms with Crippen molar-refractivity contribution >= 4 is 5.91 Å². The van der Waals surface area contributed by atoms with Crippen LogP contribution in [0.5, 0.6) is 0 Å². The van der Waals surface area contributed by atoms with Crippen molar-refractivity contribution < 1.29 is 9.90 Å². The molecule has 1 unspecified atom stereocenters. The standard InChI is InChI=1S/C11H24N2O2/c1-4-10(6-8-14)9-12-11(15)5-7-13(2)3/h10,14H,4-9H2,1-3H3,(H,12,15). The molecule has 1 amide bonds. The van der Waals surface area contributed by atoms with Crippen molar-refractivity contribution in [2.75, 3.05) is 33.8 Å². The average molecular weight is 216 g/mol. The Kier molecular flexibility index (Phi) is 8.33. The van der Waals surface area contributed by atoms with E-state index in [0.29, 0.717) is 18.9 Å². The van der Waals surface area contributed by atoms with E-state index in [2.05, 4.69) is 12.2 Å². The van der Waals surface area contributed by atoms with Crippen LogP contribution in [0.25, 0.3) is 0 Å². The molecule has 0 spiro atoms. The van der Waals surface area contributed by atoms with E-state index in [9.17, 15) is 4.79 Å². The zero-order chi connectivity index (χ0) is 11.7. The Hall–Kier alpha value is -0.610. The molecule has 90 valence electrons. The second-order valence-electron chi connectivity index (χ2n) is 4.14. The van der Waals surface area contributed by atoms with Gasteiger partial charge >= 0.3 is 0 Å². The molecule has 0 fully saturated rings. The molecule has 0 saturated carbocycles. The summed E-state index contributed by atoms with van der Waals surface area (Å²) in [5.41, 5.74) is 0. The summed E-state index contributed by atoms with van der Waals surface area (Å²) < 4.78 is 0. The molecule has 0 aromatic rings. The lowest BCUT2D eigenvalue weighted by Crippen LogP contribution is -2.31. The van der Waals surface area contributed by atoms with Crippen molar-refractivity contribution in [3.05, 3.63) is 0 Å². The first-order chi connectivity index (χ1) is 7.10. The molecular formula is C11H24N2O2. The second-order valence-corrected chi connectivity index (χ2v) is 4.14. The van der Waals surface area contributed by atoms with E-state index in [1.54, 1.807) is 0 Å². The third-order valence-electron chi connectivity index (χ3n) is 2.49. The Bertz CT molecular complexity index is 172. The number of aliphatic hydroxyl groups is 1. The summed E-state index contributed by atoms with van der Waals surface area (Å²) in [5, 5.41) is 11.7. The lowest BCUT2D eigenvalue weighted by Gasteiger charge is -2.15. The SMILES string of the molecule is CCC(CCO)CNC(=O)CCN(C)C. The van der Waals surface area contributed by atoms with Gasteiger partial charge in [-0.25, -0.2) is 0 Å². The molecule has 15 heavy (non-hydrogen) atoms. The fourth-order valence-corrected chi connectivity index (χ4v) is 1.30. The molecule has 4 nitrogen and oxygen atoms in total. The molecule has 0 aromatic heterocycles. The topological polar surface area (TPSA) is 52.6 Å². The lowest BCUT2D eigenvalue weighted by atomic mass is 10.0. The Morgan fingerprint density at radius 1 is 1.47 bits per heavy atom. The van der Waals surface area contributed by atoms with Crippen LogP contribution in [0.4, 0.5) is 0 Å². The molecule has 0 aliphatic carbocycles. The minimum absolute atomic E-state index is 0.0973. The molecule has 4 heteroatoms. The predicted molar refractivity (Wildman–Crippen MR) is 61.7 cm³/mol. The Labute approximate surface area is 92.7 Å². The van der Waals surface area contributed by atoms with E-state index < -0.39 is 0 Å². The minimum atomic E-state index is 0.0973. The lowest BCUT2D eigenvalue weighted by molar-refractivity contribution is -0.121. The third-order valence-corrected chi connectivity index (χ3v) is 2.49. The van der Waals surface area contributed by atoms with Crippen molar-refractivity contribution in [2.24, 2.45) is 5.92 Å². The smallest absolute Gasteiger partial charge is 0.221 e. The molecule has 0 rings (SSSR count). The van der Waals surface area contributed by atoms with Gasteiger partial charge in [0.2, 0.25) is 5.91 Å². The largest absolute Gasteiger partial charge is 0.396 e. The first-order valence-electron chi connectivity index (χ1n) is 5.62. The van der Waals surface area contributed by atoms with E-state index in [-0.39, 0.29) is 12.5 Å². The van der Waals surface area contributed by atoms with E-state index in [4.69, 9.17) is 5.11 Å². The van der Waals surface area contributed by atoms with Gasteiger partial charge in [-0.1, -0.05) is 13.3 Å². The van der Waals surface area contributed by atoms with Gasteiger partial charge in [0.25, 0.3) is 0 Å². The highest BCUT2D eigenvalue weighted by atomic mass is 16.3. The monoisotopic (exact) mass is 216 g/mol. The molecule has 0 saturated heterocycles. The molecule has 0 heterocycles. The van der Waals surface area contributed by atoms with Crippen molar-refractivity contribution in [1.29, 1.82) is 0 Å². The molecule has 2 N–H and O–H groups in total. The summed E-state index contributed by atoms with van der Waals surface area (Å²) in [6, 6.07) is 0. The number of carbonyl (C=O) groups is 1. The van der Waals surface area contributed by atoms with E-state index in [0.717, 1.165) is 19.4 Å².